The molecule has 1 aromatic carbocycles. The SMILES string of the molecule is O=P1(O)OCC2OC(n3ncc4ccccc43)C(O)[C@@H]2O1. The van der Waals surface area contributed by atoms with E-state index in [0.717, 1.165) is 10.9 Å². The Hall–Kier alpha value is -1.28. The molecule has 3 heterocycles. The Labute approximate surface area is 119 Å². The van der Waals surface area contributed by atoms with Gasteiger partial charge in [-0.05, 0) is 6.07 Å². The van der Waals surface area contributed by atoms with E-state index in [-0.39, 0.29) is 6.61 Å². The highest BCUT2D eigenvalue weighted by atomic mass is 31.2. The number of phosphoric acid groups is 1. The van der Waals surface area contributed by atoms with Crippen molar-refractivity contribution in [2.45, 2.75) is 24.5 Å². The fraction of sp³-hybridized carbons (Fsp3) is 0.417. The van der Waals surface area contributed by atoms with Crippen molar-refractivity contribution in [3.8, 4) is 0 Å². The van der Waals surface area contributed by atoms with Crippen molar-refractivity contribution < 1.29 is 28.3 Å². The first kappa shape index (κ1) is 13.4. The monoisotopic (exact) mass is 312 g/mol. The molecule has 9 heteroatoms. The molecule has 5 atom stereocenters. The number of hydrogen-bond donors (Lipinski definition) is 2. The van der Waals surface area contributed by atoms with Gasteiger partial charge in [0.25, 0.3) is 0 Å². The maximum atomic E-state index is 11.4. The predicted octanol–water partition coefficient (Wildman–Crippen LogP) is 0.810. The van der Waals surface area contributed by atoms with Gasteiger partial charge in [-0.1, -0.05) is 18.2 Å². The first-order valence-corrected chi connectivity index (χ1v) is 7.96. The molecular weight excluding hydrogens is 299 g/mol. The number of aromatic nitrogens is 2. The predicted molar refractivity (Wildman–Crippen MR) is 70.3 cm³/mol. The highest BCUT2D eigenvalue weighted by molar-refractivity contribution is 7.47. The van der Waals surface area contributed by atoms with Gasteiger partial charge in [0, 0.05) is 5.39 Å². The molecule has 4 rings (SSSR count). The lowest BCUT2D eigenvalue weighted by Gasteiger charge is -2.27. The van der Waals surface area contributed by atoms with Gasteiger partial charge in [0.05, 0.1) is 18.3 Å². The first-order valence-electron chi connectivity index (χ1n) is 6.47. The van der Waals surface area contributed by atoms with Crippen LogP contribution in [0.2, 0.25) is 0 Å². The average Bonchev–Trinajstić information content (AvgIpc) is 3.00. The van der Waals surface area contributed by atoms with Crippen LogP contribution < -0.4 is 0 Å². The molecule has 0 amide bonds. The lowest BCUT2D eigenvalue weighted by molar-refractivity contribution is -0.0693. The smallest absolute Gasteiger partial charge is 0.385 e. The second-order valence-corrected chi connectivity index (χ2v) is 6.44. The van der Waals surface area contributed by atoms with Gasteiger partial charge in [-0.15, -0.1) is 0 Å². The van der Waals surface area contributed by atoms with Crippen molar-refractivity contribution in [3.05, 3.63) is 30.5 Å². The van der Waals surface area contributed by atoms with Crippen LogP contribution >= 0.6 is 7.82 Å². The number of ether oxygens (including phenoxy) is 1. The Morgan fingerprint density at radius 1 is 1.38 bits per heavy atom. The van der Waals surface area contributed by atoms with E-state index in [1.54, 1.807) is 10.9 Å². The normalized spacial score (nSPS) is 39.5. The van der Waals surface area contributed by atoms with E-state index in [4.69, 9.17) is 13.8 Å². The summed E-state index contributed by atoms with van der Waals surface area (Å²) in [6, 6.07) is 7.50. The summed E-state index contributed by atoms with van der Waals surface area (Å²) in [6.07, 6.45) is -1.75. The van der Waals surface area contributed by atoms with Crippen molar-refractivity contribution in [2.75, 3.05) is 6.61 Å². The Morgan fingerprint density at radius 2 is 2.19 bits per heavy atom. The van der Waals surface area contributed by atoms with Crippen molar-refractivity contribution in [1.82, 2.24) is 9.78 Å². The fourth-order valence-electron chi connectivity index (χ4n) is 2.73. The molecular formula is C12H13N2O6P. The van der Waals surface area contributed by atoms with E-state index < -0.39 is 32.4 Å². The van der Waals surface area contributed by atoms with Crippen molar-refractivity contribution in [3.63, 3.8) is 0 Å². The van der Waals surface area contributed by atoms with Gasteiger partial charge < -0.3 is 14.7 Å². The fourth-order valence-corrected chi connectivity index (χ4v) is 3.70. The van der Waals surface area contributed by atoms with E-state index >= 15 is 0 Å². The summed E-state index contributed by atoms with van der Waals surface area (Å²) in [6.45, 7) is -0.106. The first-order chi connectivity index (χ1) is 10.1. The van der Waals surface area contributed by atoms with Crippen LogP contribution in [-0.2, 0) is 18.3 Å². The third kappa shape index (κ3) is 2.12. The van der Waals surface area contributed by atoms with Gasteiger partial charge in [-0.2, -0.15) is 5.10 Å². The van der Waals surface area contributed by atoms with Crippen LogP contribution in [0.5, 0.6) is 0 Å². The molecule has 2 N–H and O–H groups in total. The van der Waals surface area contributed by atoms with Gasteiger partial charge >= 0.3 is 7.82 Å². The maximum absolute atomic E-state index is 11.4. The van der Waals surface area contributed by atoms with E-state index in [1.165, 1.54) is 0 Å². The van der Waals surface area contributed by atoms with Crippen LogP contribution in [0.25, 0.3) is 10.9 Å². The number of phosphoric ester groups is 1. The van der Waals surface area contributed by atoms with Crippen LogP contribution in [0.4, 0.5) is 0 Å². The van der Waals surface area contributed by atoms with Gasteiger partial charge in [0.1, 0.15) is 18.3 Å². The third-order valence-corrected chi connectivity index (χ3v) is 4.70. The van der Waals surface area contributed by atoms with Crippen molar-refractivity contribution in [1.29, 1.82) is 0 Å². The number of benzene rings is 1. The average molecular weight is 312 g/mol. The molecule has 0 aliphatic carbocycles. The minimum Gasteiger partial charge on any atom is -0.385 e. The third-order valence-electron chi connectivity index (χ3n) is 3.71. The topological polar surface area (TPSA) is 103 Å². The molecule has 2 fully saturated rings. The summed E-state index contributed by atoms with van der Waals surface area (Å²) < 4.78 is 28.3. The minimum atomic E-state index is -4.12. The zero-order chi connectivity index (χ0) is 14.6. The molecule has 8 nitrogen and oxygen atoms in total. The van der Waals surface area contributed by atoms with Crippen LogP contribution in [0.15, 0.2) is 30.5 Å². The summed E-state index contributed by atoms with van der Waals surface area (Å²) in [5.74, 6) is 0. The van der Waals surface area contributed by atoms with Crippen molar-refractivity contribution in [2.24, 2.45) is 0 Å². The van der Waals surface area contributed by atoms with Crippen LogP contribution in [0.3, 0.4) is 0 Å². The molecule has 2 aliphatic rings. The molecule has 21 heavy (non-hydrogen) atoms. The molecule has 0 spiro atoms. The zero-order valence-electron chi connectivity index (χ0n) is 10.8. The largest absolute Gasteiger partial charge is 0.472 e. The van der Waals surface area contributed by atoms with Crippen LogP contribution in [0, 0.1) is 0 Å². The van der Waals surface area contributed by atoms with E-state index in [0.29, 0.717) is 0 Å². The quantitative estimate of drug-likeness (QED) is 0.751. The van der Waals surface area contributed by atoms with Gasteiger partial charge in [-0.25, -0.2) is 9.25 Å². The van der Waals surface area contributed by atoms with E-state index in [2.05, 4.69) is 5.10 Å². The summed E-state index contributed by atoms with van der Waals surface area (Å²) in [5, 5.41) is 15.5. The van der Waals surface area contributed by atoms with Crippen LogP contribution in [-0.4, -0.2) is 44.7 Å². The molecule has 1 aromatic heterocycles. The van der Waals surface area contributed by atoms with Crippen molar-refractivity contribution >= 4 is 18.7 Å². The van der Waals surface area contributed by atoms with Gasteiger partial charge in [0.2, 0.25) is 0 Å². The molecule has 4 unspecified atom stereocenters. The number of hydrogen-bond acceptors (Lipinski definition) is 6. The highest BCUT2D eigenvalue weighted by Crippen LogP contribution is 2.52. The molecule has 2 aliphatic heterocycles. The molecule has 2 saturated heterocycles. The minimum absolute atomic E-state index is 0.106. The lowest BCUT2D eigenvalue weighted by Crippen LogP contribution is -2.39. The highest BCUT2D eigenvalue weighted by Gasteiger charge is 2.52. The summed E-state index contributed by atoms with van der Waals surface area (Å²) in [4.78, 5) is 9.35. The summed E-state index contributed by atoms with van der Waals surface area (Å²) in [5.41, 5.74) is 0.799. The molecule has 0 saturated carbocycles. The lowest BCUT2D eigenvalue weighted by atomic mass is 10.1. The van der Waals surface area contributed by atoms with E-state index in [1.807, 2.05) is 24.3 Å². The summed E-state index contributed by atoms with van der Waals surface area (Å²) >= 11 is 0. The standard InChI is InChI=1S/C12H13N2O6P/c15-10-11-9(6-18-21(16,17)20-11)19-12(10)14-8-4-2-1-3-7(8)5-13-14/h1-5,9-12,15H,6H2,(H,16,17)/t9?,10?,11-,12?/m1/s1. The second kappa shape index (κ2) is 4.61. The number of aliphatic hydroxyl groups excluding tert-OH is 1. The molecule has 2 aromatic rings. The Kier molecular flexibility index (Phi) is 2.94. The number of rotatable bonds is 1. The molecule has 112 valence electrons. The number of aliphatic hydroxyl groups is 1. The Morgan fingerprint density at radius 3 is 3.05 bits per heavy atom. The second-order valence-electron chi connectivity index (χ2n) is 5.04. The summed E-state index contributed by atoms with van der Waals surface area (Å²) in [7, 11) is -4.12. The Bertz CT molecular complexity index is 733. The maximum Gasteiger partial charge on any atom is 0.472 e. The van der Waals surface area contributed by atoms with E-state index in [9.17, 15) is 14.6 Å². The van der Waals surface area contributed by atoms with Crippen LogP contribution in [0.1, 0.15) is 6.23 Å². The van der Waals surface area contributed by atoms with Gasteiger partial charge in [0.15, 0.2) is 6.23 Å². The van der Waals surface area contributed by atoms with Gasteiger partial charge in [-0.3, -0.25) is 9.05 Å². The number of para-hydroxylation sites is 1. The molecule has 0 radical (unpaired) electrons. The number of nitrogens with zero attached hydrogens (tertiary/aromatic N) is 2. The zero-order valence-corrected chi connectivity index (χ0v) is 11.7. The Balaban J connectivity index is 1.69. The molecule has 0 bridgehead atoms. The number of fused-ring (bicyclic) bond motifs is 2.